The van der Waals surface area contributed by atoms with E-state index < -0.39 is 0 Å². The van der Waals surface area contributed by atoms with Crippen molar-refractivity contribution < 1.29 is 9.13 Å². The summed E-state index contributed by atoms with van der Waals surface area (Å²) in [6.45, 7) is 4.22. The molecular weight excluding hydrogens is 251 g/mol. The molecule has 18 heavy (non-hydrogen) atoms. The van der Waals surface area contributed by atoms with Gasteiger partial charge in [0, 0.05) is 31.0 Å². The lowest BCUT2D eigenvalue weighted by Gasteiger charge is -2.24. The van der Waals surface area contributed by atoms with Gasteiger partial charge in [-0.15, -0.1) is 0 Å². The Bertz CT molecular complexity index is 406. The van der Waals surface area contributed by atoms with Crippen LogP contribution in [-0.4, -0.2) is 31.2 Å². The Labute approximate surface area is 111 Å². The van der Waals surface area contributed by atoms with Crippen LogP contribution in [-0.2, 0) is 0 Å². The lowest BCUT2D eigenvalue weighted by Crippen LogP contribution is -2.26. The first kappa shape index (κ1) is 13.3. The lowest BCUT2D eigenvalue weighted by atomic mass is 10.2. The fourth-order valence-electron chi connectivity index (χ4n) is 2.09. The summed E-state index contributed by atoms with van der Waals surface area (Å²) in [4.78, 5) is 2.22. The van der Waals surface area contributed by atoms with Gasteiger partial charge in [0.15, 0.2) is 11.6 Å². The Hall–Kier alpha value is -1.10. The molecule has 0 radical (unpaired) electrons. The molecule has 0 aromatic heterocycles. The van der Waals surface area contributed by atoms with Crippen LogP contribution in [0.5, 0.6) is 5.75 Å². The Balaban J connectivity index is 2.27. The third kappa shape index (κ3) is 3.02. The highest BCUT2D eigenvalue weighted by atomic mass is 32.2. The van der Waals surface area contributed by atoms with Crippen LogP contribution in [0.15, 0.2) is 12.1 Å². The van der Waals surface area contributed by atoms with Crippen molar-refractivity contribution in [2.24, 2.45) is 0 Å². The molecule has 3 nitrogen and oxygen atoms in total. The molecule has 2 rings (SSSR count). The van der Waals surface area contributed by atoms with Crippen LogP contribution in [0.2, 0.25) is 0 Å². The van der Waals surface area contributed by atoms with Gasteiger partial charge in [-0.3, -0.25) is 0 Å². The fraction of sp³-hybridized carbons (Fsp3) is 0.538. The van der Waals surface area contributed by atoms with E-state index in [-0.39, 0.29) is 5.82 Å². The van der Waals surface area contributed by atoms with Crippen LogP contribution in [0, 0.1) is 5.82 Å². The summed E-state index contributed by atoms with van der Waals surface area (Å²) in [5.41, 5.74) is 7.30. The summed E-state index contributed by atoms with van der Waals surface area (Å²) >= 11 is 1.95. The molecule has 1 fully saturated rings. The van der Waals surface area contributed by atoms with Crippen molar-refractivity contribution in [2.45, 2.75) is 13.3 Å². The minimum absolute atomic E-state index is 0.290. The summed E-state index contributed by atoms with van der Waals surface area (Å²) in [5, 5.41) is 0. The van der Waals surface area contributed by atoms with Crippen molar-refractivity contribution >= 4 is 23.1 Å². The molecule has 0 unspecified atom stereocenters. The molecule has 100 valence electrons. The van der Waals surface area contributed by atoms with Crippen LogP contribution in [0.3, 0.4) is 0 Å². The van der Waals surface area contributed by atoms with E-state index in [2.05, 4.69) is 4.90 Å². The highest BCUT2D eigenvalue weighted by Gasteiger charge is 2.16. The van der Waals surface area contributed by atoms with E-state index in [0.717, 1.165) is 31.0 Å². The van der Waals surface area contributed by atoms with Gasteiger partial charge >= 0.3 is 0 Å². The molecule has 0 aliphatic carbocycles. The fourth-order valence-corrected chi connectivity index (χ4v) is 2.97. The quantitative estimate of drug-likeness (QED) is 0.857. The topological polar surface area (TPSA) is 38.5 Å². The molecule has 1 heterocycles. The number of nitrogens with two attached hydrogens (primary N) is 1. The minimum Gasteiger partial charge on any atom is -0.491 e. The molecule has 0 bridgehead atoms. The molecule has 1 saturated heterocycles. The summed E-state index contributed by atoms with van der Waals surface area (Å²) in [7, 11) is 0. The average Bonchev–Trinajstić information content (AvgIpc) is 2.61. The normalized spacial score (nSPS) is 16.4. The third-order valence-electron chi connectivity index (χ3n) is 2.94. The van der Waals surface area contributed by atoms with Gasteiger partial charge in [0.05, 0.1) is 18.0 Å². The van der Waals surface area contributed by atoms with Crippen molar-refractivity contribution in [3.63, 3.8) is 0 Å². The Kier molecular flexibility index (Phi) is 4.58. The maximum atomic E-state index is 13.6. The van der Waals surface area contributed by atoms with Crippen molar-refractivity contribution in [3.05, 3.63) is 17.9 Å². The summed E-state index contributed by atoms with van der Waals surface area (Å²) in [6, 6.07) is 3.09. The van der Waals surface area contributed by atoms with Crippen LogP contribution in [0.4, 0.5) is 15.8 Å². The number of nitrogens with zero attached hydrogens (tertiary/aromatic N) is 1. The predicted octanol–water partition coefficient (Wildman–Crippen LogP) is 2.75. The molecule has 1 aromatic carbocycles. The standard InChI is InChI=1S/C13H19FN2OS/c1-2-17-13-9-12(11(15)8-10(13)14)16-4-3-6-18-7-5-16/h8-9H,2-7,15H2,1H3. The first-order valence-electron chi connectivity index (χ1n) is 6.27. The van der Waals surface area contributed by atoms with Gasteiger partial charge in [0.1, 0.15) is 0 Å². The molecule has 0 atom stereocenters. The average molecular weight is 270 g/mol. The Morgan fingerprint density at radius 2 is 2.22 bits per heavy atom. The predicted molar refractivity (Wildman–Crippen MR) is 76.1 cm³/mol. The monoisotopic (exact) mass is 270 g/mol. The zero-order chi connectivity index (χ0) is 13.0. The van der Waals surface area contributed by atoms with Gasteiger partial charge in [-0.25, -0.2) is 4.39 Å². The van der Waals surface area contributed by atoms with E-state index in [4.69, 9.17) is 10.5 Å². The molecule has 1 aliphatic heterocycles. The number of hydrogen-bond acceptors (Lipinski definition) is 4. The third-order valence-corrected chi connectivity index (χ3v) is 3.99. The van der Waals surface area contributed by atoms with Crippen LogP contribution in [0.25, 0.3) is 0 Å². The Morgan fingerprint density at radius 1 is 1.39 bits per heavy atom. The van der Waals surface area contributed by atoms with Crippen molar-refractivity contribution in [2.75, 3.05) is 41.8 Å². The molecule has 1 aliphatic rings. The van der Waals surface area contributed by atoms with Crippen molar-refractivity contribution in [1.29, 1.82) is 0 Å². The van der Waals surface area contributed by atoms with E-state index in [1.807, 2.05) is 18.7 Å². The maximum Gasteiger partial charge on any atom is 0.167 e. The summed E-state index contributed by atoms with van der Waals surface area (Å²) in [6.07, 6.45) is 1.13. The number of hydrogen-bond donors (Lipinski definition) is 1. The van der Waals surface area contributed by atoms with Crippen LogP contribution >= 0.6 is 11.8 Å². The van der Waals surface area contributed by atoms with E-state index >= 15 is 0 Å². The SMILES string of the molecule is CCOc1cc(N2CCCSCC2)c(N)cc1F. The van der Waals surface area contributed by atoms with E-state index in [1.54, 1.807) is 6.07 Å². The lowest BCUT2D eigenvalue weighted by molar-refractivity contribution is 0.321. The van der Waals surface area contributed by atoms with E-state index in [1.165, 1.54) is 11.8 Å². The van der Waals surface area contributed by atoms with Crippen LogP contribution < -0.4 is 15.4 Å². The first-order chi connectivity index (χ1) is 8.72. The van der Waals surface area contributed by atoms with Crippen LogP contribution in [0.1, 0.15) is 13.3 Å². The zero-order valence-electron chi connectivity index (χ0n) is 10.6. The minimum atomic E-state index is -0.387. The van der Waals surface area contributed by atoms with Gasteiger partial charge in [0.25, 0.3) is 0 Å². The van der Waals surface area contributed by atoms with Gasteiger partial charge in [-0.05, 0) is 19.1 Å². The number of anilines is 2. The summed E-state index contributed by atoms with van der Waals surface area (Å²) < 4.78 is 18.9. The molecule has 0 saturated carbocycles. The van der Waals surface area contributed by atoms with Crippen molar-refractivity contribution in [3.8, 4) is 5.75 Å². The molecule has 2 N–H and O–H groups in total. The summed E-state index contributed by atoms with van der Waals surface area (Å²) in [5.74, 6) is 2.16. The first-order valence-corrected chi connectivity index (χ1v) is 7.42. The van der Waals surface area contributed by atoms with Gasteiger partial charge in [-0.1, -0.05) is 0 Å². The highest BCUT2D eigenvalue weighted by Crippen LogP contribution is 2.32. The number of rotatable bonds is 3. The Morgan fingerprint density at radius 3 is 3.00 bits per heavy atom. The van der Waals surface area contributed by atoms with Gasteiger partial charge < -0.3 is 15.4 Å². The number of nitrogen functional groups attached to an aromatic ring is 1. The largest absolute Gasteiger partial charge is 0.491 e. The molecule has 0 spiro atoms. The van der Waals surface area contributed by atoms with E-state index in [0.29, 0.717) is 18.0 Å². The second kappa shape index (κ2) is 6.18. The van der Waals surface area contributed by atoms with Gasteiger partial charge in [0.2, 0.25) is 0 Å². The number of ether oxygens (including phenoxy) is 1. The van der Waals surface area contributed by atoms with Crippen molar-refractivity contribution in [1.82, 2.24) is 0 Å². The second-order valence-electron chi connectivity index (χ2n) is 4.23. The molecule has 0 amide bonds. The smallest absolute Gasteiger partial charge is 0.167 e. The second-order valence-corrected chi connectivity index (χ2v) is 5.45. The maximum absolute atomic E-state index is 13.6. The number of benzene rings is 1. The molecule has 1 aromatic rings. The molecular formula is C13H19FN2OS. The van der Waals surface area contributed by atoms with Gasteiger partial charge in [-0.2, -0.15) is 11.8 Å². The highest BCUT2D eigenvalue weighted by molar-refractivity contribution is 7.99. The number of thioether (sulfide) groups is 1. The number of halogens is 1. The zero-order valence-corrected chi connectivity index (χ0v) is 11.4. The molecule has 5 heteroatoms. The van der Waals surface area contributed by atoms with E-state index in [9.17, 15) is 4.39 Å².